The van der Waals surface area contributed by atoms with Crippen LogP contribution < -0.4 is 15.2 Å². The Labute approximate surface area is 262 Å². The molecule has 2 aromatic heterocycles. The zero-order chi connectivity index (χ0) is 31.6. The van der Waals surface area contributed by atoms with Crippen LogP contribution in [0.4, 0.5) is 4.79 Å². The maximum Gasteiger partial charge on any atom is 0.410 e. The van der Waals surface area contributed by atoms with E-state index in [2.05, 4.69) is 0 Å². The van der Waals surface area contributed by atoms with Crippen molar-refractivity contribution in [3.63, 3.8) is 0 Å². The molecule has 1 fully saturated rings. The second-order valence-corrected chi connectivity index (χ2v) is 12.4. The lowest BCUT2D eigenvalue weighted by molar-refractivity contribution is 0.0292. The van der Waals surface area contributed by atoms with Gasteiger partial charge in [-0.15, -0.1) is 0 Å². The van der Waals surface area contributed by atoms with Gasteiger partial charge in [0.15, 0.2) is 0 Å². The van der Waals surface area contributed by atoms with Crippen molar-refractivity contribution < 1.29 is 19.0 Å². The summed E-state index contributed by atoms with van der Waals surface area (Å²) in [6, 6.07) is 29.3. The van der Waals surface area contributed by atoms with E-state index < -0.39 is 5.60 Å². The van der Waals surface area contributed by atoms with E-state index in [0.29, 0.717) is 37.1 Å². The minimum atomic E-state index is -0.542. The largest absolute Gasteiger partial charge is 0.473 e. The van der Waals surface area contributed by atoms with Gasteiger partial charge < -0.3 is 19.1 Å². The molecule has 0 saturated carbocycles. The van der Waals surface area contributed by atoms with Crippen molar-refractivity contribution in [2.45, 2.75) is 51.9 Å². The number of carbonyl (C=O) groups excluding carboxylic acids is 1. The Morgan fingerprint density at radius 1 is 0.867 bits per heavy atom. The summed E-state index contributed by atoms with van der Waals surface area (Å²) in [6.45, 7) is 7.45. The molecule has 3 aromatic carbocycles. The van der Waals surface area contributed by atoms with Gasteiger partial charge in [0.2, 0.25) is 11.8 Å². The molecule has 5 aromatic rings. The first-order chi connectivity index (χ1) is 21.7. The van der Waals surface area contributed by atoms with Gasteiger partial charge in [-0.1, -0.05) is 66.7 Å². The van der Waals surface area contributed by atoms with Crippen LogP contribution >= 0.6 is 0 Å². The molecule has 0 radical (unpaired) electrons. The number of rotatable bonds is 8. The molecule has 232 valence electrons. The highest BCUT2D eigenvalue weighted by Gasteiger charge is 2.31. The molecular formula is C36H38N4O5. The van der Waals surface area contributed by atoms with Crippen molar-refractivity contribution in [3.05, 3.63) is 118 Å². The Kier molecular flexibility index (Phi) is 8.34. The third kappa shape index (κ3) is 6.72. The first-order valence-corrected chi connectivity index (χ1v) is 15.2. The van der Waals surface area contributed by atoms with E-state index in [-0.39, 0.29) is 24.3 Å². The maximum atomic E-state index is 13.8. The number of hydrogen-bond acceptors (Lipinski definition) is 6. The molecule has 1 amide bonds. The van der Waals surface area contributed by atoms with Crippen LogP contribution in [0.1, 0.15) is 49.8 Å². The lowest BCUT2D eigenvalue weighted by Gasteiger charge is -2.24. The smallest absolute Gasteiger partial charge is 0.410 e. The molecule has 1 saturated heterocycles. The number of benzene rings is 3. The monoisotopic (exact) mass is 606 g/mol. The molecular weight excluding hydrogens is 568 g/mol. The number of amides is 1. The van der Waals surface area contributed by atoms with Crippen LogP contribution in [0.15, 0.2) is 95.8 Å². The van der Waals surface area contributed by atoms with Crippen LogP contribution in [0, 0.1) is 0 Å². The SMILES string of the molecule is Cn1c(=O)n(-c2ccc(OCc3ccccc3)nc2OCc2ccccc2)c2ccc(C3CCN(C(=O)OC(C)(C)C)C3)cc21. The highest BCUT2D eigenvalue weighted by Crippen LogP contribution is 2.32. The van der Waals surface area contributed by atoms with E-state index in [9.17, 15) is 9.59 Å². The van der Waals surface area contributed by atoms with Crippen molar-refractivity contribution in [2.24, 2.45) is 7.05 Å². The fourth-order valence-corrected chi connectivity index (χ4v) is 5.60. The first kappa shape index (κ1) is 30.0. The Hall–Kier alpha value is -5.05. The van der Waals surface area contributed by atoms with E-state index in [1.54, 1.807) is 27.1 Å². The summed E-state index contributed by atoms with van der Waals surface area (Å²) >= 11 is 0. The molecule has 45 heavy (non-hydrogen) atoms. The highest BCUT2D eigenvalue weighted by molar-refractivity contribution is 5.80. The highest BCUT2D eigenvalue weighted by atomic mass is 16.6. The van der Waals surface area contributed by atoms with Gasteiger partial charge >= 0.3 is 11.8 Å². The van der Waals surface area contributed by atoms with Crippen LogP contribution in [-0.2, 0) is 25.0 Å². The standard InChI is InChI=1S/C36H38N4O5/c1-36(2,3)45-35(42)39-20-19-28(22-39)27-15-16-29-31(21-27)38(4)34(41)40(29)30-17-18-32(43-23-25-11-7-5-8-12-25)37-33(30)44-24-26-13-9-6-10-14-26/h5-18,21,28H,19-20,22-24H2,1-4H3. The average molecular weight is 607 g/mol. The molecule has 0 spiro atoms. The molecule has 1 aliphatic rings. The van der Waals surface area contributed by atoms with Crippen LogP contribution in [0.25, 0.3) is 16.7 Å². The number of nitrogens with zero attached hydrogens (tertiary/aromatic N) is 4. The molecule has 1 atom stereocenters. The van der Waals surface area contributed by atoms with Gasteiger partial charge in [0.1, 0.15) is 24.5 Å². The van der Waals surface area contributed by atoms with Crippen LogP contribution in [-0.4, -0.2) is 43.8 Å². The molecule has 6 rings (SSSR count). The summed E-state index contributed by atoms with van der Waals surface area (Å²) < 4.78 is 21.1. The molecule has 0 aliphatic carbocycles. The Balaban J connectivity index is 1.31. The number of likely N-dealkylation sites (tertiary alicyclic amines) is 1. The molecule has 0 bridgehead atoms. The van der Waals surface area contributed by atoms with Gasteiger partial charge in [0.25, 0.3) is 0 Å². The third-order valence-corrected chi connectivity index (χ3v) is 7.89. The van der Waals surface area contributed by atoms with Gasteiger partial charge in [-0.2, -0.15) is 4.98 Å². The Morgan fingerprint density at radius 2 is 1.53 bits per heavy atom. The number of imidazole rings is 1. The first-order valence-electron chi connectivity index (χ1n) is 15.2. The quantitative estimate of drug-likeness (QED) is 0.198. The Bertz CT molecular complexity index is 1860. The predicted molar refractivity (Wildman–Crippen MR) is 173 cm³/mol. The maximum absolute atomic E-state index is 13.8. The van der Waals surface area contributed by atoms with E-state index >= 15 is 0 Å². The second kappa shape index (κ2) is 12.5. The van der Waals surface area contributed by atoms with Crippen LogP contribution in [0.3, 0.4) is 0 Å². The fraction of sp³-hybridized carbons (Fsp3) is 0.306. The molecule has 0 N–H and O–H groups in total. The summed E-state index contributed by atoms with van der Waals surface area (Å²) in [5.74, 6) is 0.844. The van der Waals surface area contributed by atoms with Crippen LogP contribution in [0.5, 0.6) is 11.8 Å². The third-order valence-electron chi connectivity index (χ3n) is 7.89. The molecule has 1 aliphatic heterocycles. The van der Waals surface area contributed by atoms with Crippen molar-refractivity contribution >= 4 is 17.1 Å². The number of carbonyl (C=O) groups is 1. The van der Waals surface area contributed by atoms with Crippen molar-refractivity contribution in [2.75, 3.05) is 13.1 Å². The Morgan fingerprint density at radius 3 is 2.20 bits per heavy atom. The summed E-state index contributed by atoms with van der Waals surface area (Å²) in [6.07, 6.45) is 0.530. The lowest BCUT2D eigenvalue weighted by atomic mass is 9.98. The zero-order valence-electron chi connectivity index (χ0n) is 26.1. The zero-order valence-corrected chi connectivity index (χ0v) is 26.1. The van der Waals surface area contributed by atoms with Gasteiger partial charge in [0.05, 0.1) is 11.0 Å². The summed E-state index contributed by atoms with van der Waals surface area (Å²) in [7, 11) is 1.77. The van der Waals surface area contributed by atoms with Crippen molar-refractivity contribution in [1.82, 2.24) is 19.0 Å². The topological polar surface area (TPSA) is 87.8 Å². The van der Waals surface area contributed by atoms with Crippen molar-refractivity contribution in [3.8, 4) is 17.4 Å². The fourth-order valence-electron chi connectivity index (χ4n) is 5.60. The van der Waals surface area contributed by atoms with Gasteiger partial charge in [-0.25, -0.2) is 9.59 Å². The number of hydrogen-bond donors (Lipinski definition) is 0. The summed E-state index contributed by atoms with van der Waals surface area (Å²) in [5, 5.41) is 0. The average Bonchev–Trinajstić information content (AvgIpc) is 3.63. The number of aryl methyl sites for hydroxylation is 1. The second-order valence-electron chi connectivity index (χ2n) is 12.4. The summed E-state index contributed by atoms with van der Waals surface area (Å²) in [4.78, 5) is 32.9. The molecule has 3 heterocycles. The van der Waals surface area contributed by atoms with Crippen LogP contribution in [0.2, 0.25) is 0 Å². The van der Waals surface area contributed by atoms with E-state index in [1.165, 1.54) is 0 Å². The number of pyridine rings is 1. The number of ether oxygens (including phenoxy) is 3. The minimum Gasteiger partial charge on any atom is -0.473 e. The van der Waals surface area contributed by atoms with Gasteiger partial charge in [-0.3, -0.25) is 9.13 Å². The van der Waals surface area contributed by atoms with E-state index in [0.717, 1.165) is 34.1 Å². The summed E-state index contributed by atoms with van der Waals surface area (Å²) in [5.41, 5.74) is 4.36. The normalized spacial score (nSPS) is 14.9. The molecule has 9 nitrogen and oxygen atoms in total. The predicted octanol–water partition coefficient (Wildman–Crippen LogP) is 6.61. The molecule has 1 unspecified atom stereocenters. The van der Waals surface area contributed by atoms with Gasteiger partial charge in [0, 0.05) is 32.1 Å². The van der Waals surface area contributed by atoms with Crippen molar-refractivity contribution in [1.29, 1.82) is 0 Å². The van der Waals surface area contributed by atoms with E-state index in [4.69, 9.17) is 19.2 Å². The number of aromatic nitrogens is 3. The minimum absolute atomic E-state index is 0.146. The number of fused-ring (bicyclic) bond motifs is 1. The molecule has 9 heteroatoms. The lowest BCUT2D eigenvalue weighted by Crippen LogP contribution is -2.35. The van der Waals surface area contributed by atoms with Gasteiger partial charge in [-0.05, 0) is 62.1 Å². The van der Waals surface area contributed by atoms with E-state index in [1.807, 2.05) is 106 Å².